The first kappa shape index (κ1) is 20.1. The van der Waals surface area contributed by atoms with Crippen LogP contribution in [0.1, 0.15) is 21.8 Å². The zero-order valence-electron chi connectivity index (χ0n) is 16.7. The summed E-state index contributed by atoms with van der Waals surface area (Å²) in [6, 6.07) is 13.0. The van der Waals surface area contributed by atoms with Crippen LogP contribution in [-0.2, 0) is 6.54 Å². The largest absolute Gasteiger partial charge is 0.496 e. The Balaban J connectivity index is 1.88. The van der Waals surface area contributed by atoms with Crippen LogP contribution in [0.4, 0.5) is 0 Å². The molecule has 0 N–H and O–H groups in total. The predicted molar refractivity (Wildman–Crippen MR) is 109 cm³/mol. The van der Waals surface area contributed by atoms with Crippen LogP contribution in [0.3, 0.4) is 0 Å². The molecule has 3 rings (SSSR count). The molecule has 150 valence electrons. The number of carbonyl (C=O) groups excluding carboxylic acids is 1. The molecule has 0 saturated carbocycles. The summed E-state index contributed by atoms with van der Waals surface area (Å²) in [6.07, 6.45) is 1.64. The third-order valence-corrected chi connectivity index (χ3v) is 4.35. The van der Waals surface area contributed by atoms with Crippen molar-refractivity contribution in [2.75, 3.05) is 20.8 Å². The summed E-state index contributed by atoms with van der Waals surface area (Å²) in [5.41, 5.74) is 2.28. The van der Waals surface area contributed by atoms with Gasteiger partial charge >= 0.3 is 0 Å². The maximum absolute atomic E-state index is 13.2. The fraction of sp³-hybridized carbons (Fsp3) is 0.227. The number of ether oxygens (including phenoxy) is 2. The van der Waals surface area contributed by atoms with Crippen LogP contribution in [-0.4, -0.2) is 41.7 Å². The Kier molecular flexibility index (Phi) is 6.29. The molecule has 1 heterocycles. The number of methoxy groups -OCH3 is 2. The number of hydrogen-bond acceptors (Lipinski definition) is 6. The Morgan fingerprint density at radius 1 is 1.17 bits per heavy atom. The van der Waals surface area contributed by atoms with Gasteiger partial charge in [-0.3, -0.25) is 4.79 Å². The fourth-order valence-electron chi connectivity index (χ4n) is 2.98. The summed E-state index contributed by atoms with van der Waals surface area (Å²) in [7, 11) is 3.02. The summed E-state index contributed by atoms with van der Waals surface area (Å²) < 4.78 is 16.1. The lowest BCUT2D eigenvalue weighted by molar-refractivity contribution is 0.0738. The molecule has 0 saturated heterocycles. The third-order valence-electron chi connectivity index (χ3n) is 4.35. The number of nitrogens with zero attached hydrogens (tertiary/aromatic N) is 3. The summed E-state index contributed by atoms with van der Waals surface area (Å²) in [5.74, 6) is 1.37. The average molecular weight is 393 g/mol. The zero-order chi connectivity index (χ0) is 20.8. The van der Waals surface area contributed by atoms with Gasteiger partial charge in [-0.15, -0.1) is 6.58 Å². The highest BCUT2D eigenvalue weighted by atomic mass is 16.5. The molecule has 0 spiro atoms. The van der Waals surface area contributed by atoms with Crippen LogP contribution in [0, 0.1) is 6.92 Å². The molecule has 7 nitrogen and oxygen atoms in total. The second-order valence-electron chi connectivity index (χ2n) is 6.39. The lowest BCUT2D eigenvalue weighted by Gasteiger charge is -2.21. The minimum absolute atomic E-state index is 0.130. The van der Waals surface area contributed by atoms with E-state index in [0.29, 0.717) is 35.3 Å². The highest BCUT2D eigenvalue weighted by Crippen LogP contribution is 2.30. The minimum Gasteiger partial charge on any atom is -0.496 e. The zero-order valence-corrected chi connectivity index (χ0v) is 16.7. The summed E-state index contributed by atoms with van der Waals surface area (Å²) in [6.45, 7) is 6.16. The minimum atomic E-state index is -0.283. The van der Waals surface area contributed by atoms with Crippen molar-refractivity contribution in [1.29, 1.82) is 0 Å². The molecule has 29 heavy (non-hydrogen) atoms. The van der Waals surface area contributed by atoms with Gasteiger partial charge in [0.2, 0.25) is 11.7 Å². The number of aryl methyl sites for hydroxylation is 1. The Labute approximate surface area is 169 Å². The molecular formula is C22H23N3O4. The van der Waals surface area contributed by atoms with Gasteiger partial charge in [-0.1, -0.05) is 41.1 Å². The van der Waals surface area contributed by atoms with Gasteiger partial charge < -0.3 is 18.9 Å². The second-order valence-corrected chi connectivity index (χ2v) is 6.39. The van der Waals surface area contributed by atoms with Crippen molar-refractivity contribution >= 4 is 5.91 Å². The Hall–Kier alpha value is -3.61. The van der Waals surface area contributed by atoms with Crippen LogP contribution in [0.5, 0.6) is 11.5 Å². The van der Waals surface area contributed by atoms with E-state index in [1.54, 1.807) is 29.2 Å². The molecule has 0 unspecified atom stereocenters. The van der Waals surface area contributed by atoms with Crippen molar-refractivity contribution in [1.82, 2.24) is 15.0 Å². The average Bonchev–Trinajstić information content (AvgIpc) is 3.21. The molecular weight excluding hydrogens is 370 g/mol. The van der Waals surface area contributed by atoms with Gasteiger partial charge in [-0.2, -0.15) is 4.98 Å². The lowest BCUT2D eigenvalue weighted by atomic mass is 10.1. The highest BCUT2D eigenvalue weighted by molar-refractivity contribution is 5.99. The first-order chi connectivity index (χ1) is 14.1. The van der Waals surface area contributed by atoms with Crippen molar-refractivity contribution in [3.63, 3.8) is 0 Å². The third kappa shape index (κ3) is 4.45. The van der Waals surface area contributed by atoms with Gasteiger partial charge in [0.15, 0.2) is 0 Å². The molecule has 2 aromatic carbocycles. The molecule has 0 radical (unpaired) electrons. The van der Waals surface area contributed by atoms with Gasteiger partial charge in [0.05, 0.1) is 14.2 Å². The number of amides is 1. The smallest absolute Gasteiger partial charge is 0.262 e. The van der Waals surface area contributed by atoms with Crippen molar-refractivity contribution < 1.29 is 18.8 Å². The van der Waals surface area contributed by atoms with E-state index in [-0.39, 0.29) is 12.5 Å². The molecule has 0 aliphatic carbocycles. The van der Waals surface area contributed by atoms with Crippen molar-refractivity contribution in [3.05, 3.63) is 72.1 Å². The number of aromatic nitrogens is 2. The first-order valence-corrected chi connectivity index (χ1v) is 9.08. The lowest BCUT2D eigenvalue weighted by Crippen LogP contribution is -2.31. The number of benzene rings is 2. The Morgan fingerprint density at radius 3 is 2.48 bits per heavy atom. The van der Waals surface area contributed by atoms with Gasteiger partial charge in [0, 0.05) is 12.1 Å². The maximum atomic E-state index is 13.2. The number of carbonyl (C=O) groups is 1. The molecule has 7 heteroatoms. The normalized spacial score (nSPS) is 10.4. The predicted octanol–water partition coefficient (Wildman–Crippen LogP) is 3.89. The van der Waals surface area contributed by atoms with Gasteiger partial charge in [-0.05, 0) is 25.1 Å². The molecule has 0 bridgehead atoms. The van der Waals surface area contributed by atoms with E-state index in [2.05, 4.69) is 16.7 Å². The van der Waals surface area contributed by atoms with E-state index in [0.717, 1.165) is 11.1 Å². The van der Waals surface area contributed by atoms with E-state index in [4.69, 9.17) is 14.0 Å². The van der Waals surface area contributed by atoms with Crippen LogP contribution >= 0.6 is 0 Å². The maximum Gasteiger partial charge on any atom is 0.262 e. The molecule has 1 amide bonds. The monoisotopic (exact) mass is 393 g/mol. The van der Waals surface area contributed by atoms with Crippen LogP contribution < -0.4 is 9.47 Å². The Morgan fingerprint density at radius 2 is 1.86 bits per heavy atom. The number of rotatable bonds is 8. The summed E-state index contributed by atoms with van der Waals surface area (Å²) in [5, 5.41) is 4.04. The van der Waals surface area contributed by atoms with E-state index in [1.165, 1.54) is 14.2 Å². The van der Waals surface area contributed by atoms with Crippen LogP contribution in [0.2, 0.25) is 0 Å². The quantitative estimate of drug-likeness (QED) is 0.540. The van der Waals surface area contributed by atoms with Crippen molar-refractivity contribution in [3.8, 4) is 22.9 Å². The molecule has 1 aromatic heterocycles. The van der Waals surface area contributed by atoms with E-state index >= 15 is 0 Å². The van der Waals surface area contributed by atoms with Gasteiger partial charge in [0.1, 0.15) is 23.6 Å². The first-order valence-electron chi connectivity index (χ1n) is 9.08. The standard InChI is InChI=1S/C22H23N3O4/c1-5-12-25(22(26)20-17(27-3)10-7-11-18(20)28-4)14-19-23-21(24-29-19)16-9-6-8-15(2)13-16/h5-11,13H,1,12,14H2,2-4H3. The van der Waals surface area contributed by atoms with E-state index < -0.39 is 0 Å². The fourth-order valence-corrected chi connectivity index (χ4v) is 2.98. The SMILES string of the molecule is C=CCN(Cc1nc(-c2cccc(C)c2)no1)C(=O)c1c(OC)cccc1OC. The summed E-state index contributed by atoms with van der Waals surface area (Å²) in [4.78, 5) is 19.2. The second kappa shape index (κ2) is 9.05. The van der Waals surface area contributed by atoms with Crippen LogP contribution in [0.25, 0.3) is 11.4 Å². The van der Waals surface area contributed by atoms with Gasteiger partial charge in [-0.25, -0.2) is 0 Å². The highest BCUT2D eigenvalue weighted by Gasteiger charge is 2.25. The van der Waals surface area contributed by atoms with Crippen molar-refractivity contribution in [2.24, 2.45) is 0 Å². The topological polar surface area (TPSA) is 77.7 Å². The van der Waals surface area contributed by atoms with Crippen molar-refractivity contribution in [2.45, 2.75) is 13.5 Å². The molecule has 3 aromatic rings. The van der Waals surface area contributed by atoms with Crippen LogP contribution in [0.15, 0.2) is 59.6 Å². The van der Waals surface area contributed by atoms with Gasteiger partial charge in [0.25, 0.3) is 5.91 Å². The van der Waals surface area contributed by atoms with E-state index in [9.17, 15) is 4.79 Å². The molecule has 0 fully saturated rings. The number of hydrogen-bond donors (Lipinski definition) is 0. The molecule has 0 aliphatic rings. The Bertz CT molecular complexity index is 991. The summed E-state index contributed by atoms with van der Waals surface area (Å²) >= 11 is 0. The molecule has 0 atom stereocenters. The van der Waals surface area contributed by atoms with E-state index in [1.807, 2.05) is 31.2 Å². The molecule has 0 aliphatic heterocycles.